The first-order chi connectivity index (χ1) is 17.4. The molecular formula is C26H17N3O7. The number of rotatable bonds is 7. The average molecular weight is 483 g/mol. The van der Waals surface area contributed by atoms with Crippen molar-refractivity contribution in [2.45, 2.75) is 6.10 Å². The van der Waals surface area contributed by atoms with Crippen LogP contribution in [-0.4, -0.2) is 44.9 Å². The molecule has 178 valence electrons. The molecule has 10 nitrogen and oxygen atoms in total. The number of ketones is 1. The smallest absolute Gasteiger partial charge is 0.327 e. The van der Waals surface area contributed by atoms with Gasteiger partial charge in [-0.15, -0.1) is 0 Å². The van der Waals surface area contributed by atoms with Crippen LogP contribution in [0, 0.1) is 10.1 Å². The number of ether oxygens (including phenoxy) is 1. The van der Waals surface area contributed by atoms with Crippen LogP contribution in [0.5, 0.6) is 0 Å². The van der Waals surface area contributed by atoms with Gasteiger partial charge in [0.25, 0.3) is 17.5 Å². The van der Waals surface area contributed by atoms with Gasteiger partial charge in [-0.3, -0.25) is 34.2 Å². The second-order valence-electron chi connectivity index (χ2n) is 8.05. The molecule has 0 radical (unpaired) electrons. The number of Topliss-reactive ketones (excluding diaryl/α,β-unsaturated/α-hetero) is 1. The second kappa shape index (κ2) is 8.91. The van der Waals surface area contributed by atoms with Crippen LogP contribution < -0.4 is 0 Å². The summed E-state index contributed by atoms with van der Waals surface area (Å²) in [5, 5.41) is 12.0. The van der Waals surface area contributed by atoms with Crippen molar-refractivity contribution in [3.63, 3.8) is 0 Å². The molecule has 0 fully saturated rings. The highest BCUT2D eigenvalue weighted by molar-refractivity contribution is 6.24. The number of carbonyl (C=O) groups excluding carboxylic acids is 4. The predicted molar refractivity (Wildman–Crippen MR) is 126 cm³/mol. The lowest BCUT2D eigenvalue weighted by Crippen LogP contribution is -2.36. The minimum absolute atomic E-state index is 0.170. The molecule has 1 aliphatic rings. The molecule has 2 heterocycles. The maximum Gasteiger partial charge on any atom is 0.327 e. The van der Waals surface area contributed by atoms with E-state index in [1.807, 2.05) is 6.07 Å². The summed E-state index contributed by atoms with van der Waals surface area (Å²) in [6.45, 7) is -0.812. The number of carbonyl (C=O) groups is 4. The number of hydrogen-bond acceptors (Lipinski definition) is 7. The third-order valence-corrected chi connectivity index (χ3v) is 5.91. The van der Waals surface area contributed by atoms with Crippen molar-refractivity contribution >= 4 is 40.2 Å². The molecule has 4 aromatic rings. The Hall–Kier alpha value is -5.12. The van der Waals surface area contributed by atoms with Crippen LogP contribution in [0.15, 0.2) is 79.0 Å². The summed E-state index contributed by atoms with van der Waals surface area (Å²) in [6, 6.07) is 19.2. The standard InChI is InChI=1S/C26H17N3O7/c30-21(14-28-25(32)17-10-6-12-20(29(34)35)22(17)26(28)33)36-24(15-7-2-1-3-8-15)23(31)18-13-27-19-11-5-4-9-16(18)19/h1-13,24,27H,14H2. The van der Waals surface area contributed by atoms with E-state index in [4.69, 9.17) is 4.74 Å². The number of benzene rings is 3. The third kappa shape index (κ3) is 3.80. The number of para-hydroxylation sites is 1. The van der Waals surface area contributed by atoms with Crippen molar-refractivity contribution in [1.29, 1.82) is 0 Å². The van der Waals surface area contributed by atoms with E-state index in [-0.39, 0.29) is 11.1 Å². The fourth-order valence-corrected chi connectivity index (χ4v) is 4.23. The molecule has 0 saturated carbocycles. The lowest BCUT2D eigenvalue weighted by atomic mass is 9.99. The van der Waals surface area contributed by atoms with Crippen LogP contribution in [0.2, 0.25) is 0 Å². The number of H-pyrrole nitrogens is 1. The average Bonchev–Trinajstić information content (AvgIpc) is 3.42. The van der Waals surface area contributed by atoms with E-state index < -0.39 is 46.8 Å². The SMILES string of the molecule is O=C(CN1C(=O)c2cccc([N+](=O)[O-])c2C1=O)OC(C(=O)c1c[nH]c2ccccc12)c1ccccc1. The molecule has 1 atom stereocenters. The number of imide groups is 1. The van der Waals surface area contributed by atoms with Gasteiger partial charge in [-0.1, -0.05) is 54.6 Å². The van der Waals surface area contributed by atoms with Crippen LogP contribution >= 0.6 is 0 Å². The maximum absolute atomic E-state index is 13.5. The zero-order valence-corrected chi connectivity index (χ0v) is 18.5. The zero-order valence-electron chi connectivity index (χ0n) is 18.5. The molecule has 2 amide bonds. The van der Waals surface area contributed by atoms with Gasteiger partial charge in [-0.05, 0) is 12.1 Å². The molecule has 5 rings (SSSR count). The molecule has 1 unspecified atom stereocenters. The molecule has 3 aromatic carbocycles. The minimum Gasteiger partial charge on any atom is -0.448 e. The fourth-order valence-electron chi connectivity index (χ4n) is 4.23. The highest BCUT2D eigenvalue weighted by Crippen LogP contribution is 2.31. The first-order valence-electron chi connectivity index (χ1n) is 10.8. The Balaban J connectivity index is 1.42. The maximum atomic E-state index is 13.5. The molecule has 36 heavy (non-hydrogen) atoms. The topological polar surface area (TPSA) is 140 Å². The Morgan fingerprint density at radius 3 is 2.42 bits per heavy atom. The Kier molecular flexibility index (Phi) is 5.61. The van der Waals surface area contributed by atoms with E-state index in [1.165, 1.54) is 18.3 Å². The summed E-state index contributed by atoms with van der Waals surface area (Å²) < 4.78 is 5.52. The number of nitrogens with zero attached hydrogens (tertiary/aromatic N) is 2. The second-order valence-corrected chi connectivity index (χ2v) is 8.05. The molecular weight excluding hydrogens is 466 g/mol. The number of hydrogen-bond donors (Lipinski definition) is 1. The number of esters is 1. The van der Waals surface area contributed by atoms with Crippen molar-refractivity contribution < 1.29 is 28.8 Å². The summed E-state index contributed by atoms with van der Waals surface area (Å²) in [5.41, 5.74) is 0.360. The lowest BCUT2D eigenvalue weighted by molar-refractivity contribution is -0.385. The van der Waals surface area contributed by atoms with E-state index in [2.05, 4.69) is 4.98 Å². The van der Waals surface area contributed by atoms with Gasteiger partial charge in [-0.25, -0.2) is 0 Å². The molecule has 0 saturated heterocycles. The van der Waals surface area contributed by atoms with Crippen LogP contribution in [0.4, 0.5) is 5.69 Å². The lowest BCUT2D eigenvalue weighted by Gasteiger charge is -2.19. The Bertz CT molecular complexity index is 1560. The Morgan fingerprint density at radius 1 is 0.944 bits per heavy atom. The molecule has 0 bridgehead atoms. The zero-order chi connectivity index (χ0) is 25.4. The number of nitro benzene ring substituents is 1. The van der Waals surface area contributed by atoms with Gasteiger partial charge in [0.15, 0.2) is 6.10 Å². The van der Waals surface area contributed by atoms with Crippen molar-refractivity contribution in [2.75, 3.05) is 6.54 Å². The molecule has 1 aliphatic heterocycles. The molecule has 1 aromatic heterocycles. The number of nitrogens with one attached hydrogen (secondary N) is 1. The van der Waals surface area contributed by atoms with E-state index in [9.17, 15) is 29.3 Å². The van der Waals surface area contributed by atoms with Gasteiger partial charge in [0.2, 0.25) is 5.78 Å². The van der Waals surface area contributed by atoms with E-state index in [0.29, 0.717) is 21.4 Å². The normalized spacial score (nSPS) is 13.5. The summed E-state index contributed by atoms with van der Waals surface area (Å²) in [6.07, 6.45) is 0.183. The van der Waals surface area contributed by atoms with Crippen LogP contribution in [0.1, 0.15) is 42.7 Å². The number of aromatic nitrogens is 1. The summed E-state index contributed by atoms with van der Waals surface area (Å²) in [5.74, 6) is -3.34. The highest BCUT2D eigenvalue weighted by atomic mass is 16.6. The largest absolute Gasteiger partial charge is 0.448 e. The molecule has 1 N–H and O–H groups in total. The first kappa shape index (κ1) is 22.7. The monoisotopic (exact) mass is 483 g/mol. The van der Waals surface area contributed by atoms with Gasteiger partial charge in [0.1, 0.15) is 12.1 Å². The quantitative estimate of drug-likeness (QED) is 0.138. The van der Waals surface area contributed by atoms with Gasteiger partial charge < -0.3 is 9.72 Å². The van der Waals surface area contributed by atoms with Gasteiger partial charge in [0.05, 0.1) is 10.5 Å². The fraction of sp³-hybridized carbons (Fsp3) is 0.0769. The van der Waals surface area contributed by atoms with Crippen molar-refractivity contribution in [1.82, 2.24) is 9.88 Å². The van der Waals surface area contributed by atoms with Crippen LogP contribution in [0.25, 0.3) is 10.9 Å². The predicted octanol–water partition coefficient (Wildman–Crippen LogP) is 3.84. The number of fused-ring (bicyclic) bond motifs is 2. The summed E-state index contributed by atoms with van der Waals surface area (Å²) in [4.78, 5) is 66.1. The summed E-state index contributed by atoms with van der Waals surface area (Å²) in [7, 11) is 0. The number of amides is 2. The first-order valence-corrected chi connectivity index (χ1v) is 10.8. The highest BCUT2D eigenvalue weighted by Gasteiger charge is 2.42. The van der Waals surface area contributed by atoms with Crippen molar-refractivity contribution in [3.8, 4) is 0 Å². The third-order valence-electron chi connectivity index (χ3n) is 5.91. The van der Waals surface area contributed by atoms with Gasteiger partial charge in [0, 0.05) is 34.3 Å². The van der Waals surface area contributed by atoms with Gasteiger partial charge in [-0.2, -0.15) is 0 Å². The number of nitro groups is 1. The van der Waals surface area contributed by atoms with Crippen molar-refractivity contribution in [2.24, 2.45) is 0 Å². The van der Waals surface area contributed by atoms with Gasteiger partial charge >= 0.3 is 5.97 Å². The number of aromatic amines is 1. The molecule has 10 heteroatoms. The van der Waals surface area contributed by atoms with E-state index in [0.717, 1.165) is 11.6 Å². The molecule has 0 aliphatic carbocycles. The Morgan fingerprint density at radius 2 is 1.67 bits per heavy atom. The minimum atomic E-state index is -1.34. The van der Waals surface area contributed by atoms with Crippen molar-refractivity contribution in [3.05, 3.63) is 111 Å². The van der Waals surface area contributed by atoms with E-state index >= 15 is 0 Å². The van der Waals surface area contributed by atoms with E-state index in [1.54, 1.807) is 48.5 Å². The molecule has 0 spiro atoms. The summed E-state index contributed by atoms with van der Waals surface area (Å²) >= 11 is 0. The van der Waals surface area contributed by atoms with Crippen LogP contribution in [0.3, 0.4) is 0 Å². The Labute approximate surface area is 203 Å². The van der Waals surface area contributed by atoms with Crippen LogP contribution in [-0.2, 0) is 9.53 Å².